The summed E-state index contributed by atoms with van der Waals surface area (Å²) in [6.07, 6.45) is 1.19. The van der Waals surface area contributed by atoms with Gasteiger partial charge in [0.05, 0.1) is 23.5 Å². The fourth-order valence-corrected chi connectivity index (χ4v) is 2.86. The largest absolute Gasteiger partial charge is 0.497 e. The molecule has 0 aliphatic carbocycles. The maximum Gasteiger partial charge on any atom is 0.335 e. The Morgan fingerprint density at radius 3 is 2.70 bits per heavy atom. The summed E-state index contributed by atoms with van der Waals surface area (Å²) in [4.78, 5) is 42.1. The summed E-state index contributed by atoms with van der Waals surface area (Å²) in [7, 11) is 1.47. The van der Waals surface area contributed by atoms with Gasteiger partial charge in [0.25, 0.3) is 5.91 Å². The van der Waals surface area contributed by atoms with Gasteiger partial charge in [0.15, 0.2) is 5.92 Å². The van der Waals surface area contributed by atoms with Crippen LogP contribution in [0, 0.1) is 5.92 Å². The highest BCUT2D eigenvalue weighted by atomic mass is 79.9. The molecule has 1 heterocycles. The molecule has 2 aromatic carbocycles. The van der Waals surface area contributed by atoms with Crippen molar-refractivity contribution in [2.24, 2.45) is 10.9 Å². The number of urea groups is 1. The van der Waals surface area contributed by atoms with Crippen LogP contribution < -0.4 is 15.0 Å². The molecule has 1 aliphatic rings. The molecule has 3 rings (SSSR count). The van der Waals surface area contributed by atoms with Gasteiger partial charge in [-0.15, -0.1) is 0 Å². The monoisotopic (exact) mass is 449 g/mol. The van der Waals surface area contributed by atoms with E-state index in [1.807, 2.05) is 0 Å². The number of imide groups is 2. The molecule has 7 nitrogen and oxygen atoms in total. The van der Waals surface area contributed by atoms with Crippen LogP contribution in [0.2, 0.25) is 5.02 Å². The van der Waals surface area contributed by atoms with E-state index in [1.54, 1.807) is 36.4 Å². The number of ether oxygens (including phenoxy) is 1. The molecule has 0 unspecified atom stereocenters. The van der Waals surface area contributed by atoms with E-state index in [4.69, 9.17) is 16.3 Å². The Kier molecular flexibility index (Phi) is 5.57. The Labute approximate surface area is 168 Å². The molecular formula is C18H13BrClN3O4. The summed E-state index contributed by atoms with van der Waals surface area (Å²) in [5, 5.41) is 2.61. The Morgan fingerprint density at radius 2 is 2.00 bits per heavy atom. The number of nitrogens with zero attached hydrogens (tertiary/aromatic N) is 2. The van der Waals surface area contributed by atoms with Crippen molar-refractivity contribution >= 4 is 63.0 Å². The van der Waals surface area contributed by atoms with E-state index in [2.05, 4.69) is 26.2 Å². The minimum Gasteiger partial charge on any atom is -0.497 e. The third-order valence-electron chi connectivity index (χ3n) is 3.79. The SMILES string of the molecule is COc1cccc(N2C(=O)NC(=O)[C@@H](C=Nc3ccc(Br)c(Cl)c3)C2=O)c1. The molecule has 9 heteroatoms. The molecule has 0 aromatic heterocycles. The van der Waals surface area contributed by atoms with Crippen molar-refractivity contribution in [1.82, 2.24) is 5.32 Å². The third kappa shape index (κ3) is 4.01. The second-order valence-electron chi connectivity index (χ2n) is 5.52. The highest BCUT2D eigenvalue weighted by molar-refractivity contribution is 9.10. The lowest BCUT2D eigenvalue weighted by molar-refractivity contribution is -0.131. The molecule has 1 N–H and O–H groups in total. The zero-order valence-corrected chi connectivity index (χ0v) is 16.3. The zero-order chi connectivity index (χ0) is 19.6. The molecule has 1 aliphatic heterocycles. The van der Waals surface area contributed by atoms with Crippen molar-refractivity contribution in [1.29, 1.82) is 0 Å². The van der Waals surface area contributed by atoms with Crippen molar-refractivity contribution in [3.63, 3.8) is 0 Å². The molecular weight excluding hydrogens is 438 g/mol. The van der Waals surface area contributed by atoms with E-state index in [1.165, 1.54) is 19.4 Å². The third-order valence-corrected chi connectivity index (χ3v) is 5.02. The number of nitrogens with one attached hydrogen (secondary N) is 1. The number of rotatable bonds is 4. The molecule has 0 saturated carbocycles. The zero-order valence-electron chi connectivity index (χ0n) is 14.0. The van der Waals surface area contributed by atoms with Gasteiger partial charge in [0.1, 0.15) is 5.75 Å². The van der Waals surface area contributed by atoms with Crippen LogP contribution in [0.4, 0.5) is 16.2 Å². The van der Waals surface area contributed by atoms with E-state index in [-0.39, 0.29) is 5.69 Å². The second kappa shape index (κ2) is 7.89. The highest BCUT2D eigenvalue weighted by Crippen LogP contribution is 2.28. The fraction of sp³-hybridized carbons (Fsp3) is 0.111. The van der Waals surface area contributed by atoms with Gasteiger partial charge in [0, 0.05) is 16.8 Å². The molecule has 4 amide bonds. The maximum atomic E-state index is 12.8. The topological polar surface area (TPSA) is 88.1 Å². The van der Waals surface area contributed by atoms with Gasteiger partial charge in [-0.05, 0) is 46.3 Å². The Hall–Kier alpha value is -2.71. The highest BCUT2D eigenvalue weighted by Gasteiger charge is 2.40. The van der Waals surface area contributed by atoms with Crippen molar-refractivity contribution in [2.45, 2.75) is 0 Å². The fourth-order valence-electron chi connectivity index (χ4n) is 2.44. The van der Waals surface area contributed by atoms with Crippen molar-refractivity contribution < 1.29 is 19.1 Å². The molecule has 0 spiro atoms. The van der Waals surface area contributed by atoms with Crippen LogP contribution in [0.1, 0.15) is 0 Å². The lowest BCUT2D eigenvalue weighted by Crippen LogP contribution is -2.58. The number of aliphatic imine (C=N–C) groups is 1. The van der Waals surface area contributed by atoms with Crippen molar-refractivity contribution in [2.75, 3.05) is 12.0 Å². The number of halogens is 2. The minimum atomic E-state index is -1.25. The number of benzene rings is 2. The Bertz CT molecular complexity index is 963. The first-order chi connectivity index (χ1) is 12.9. The van der Waals surface area contributed by atoms with E-state index in [0.717, 1.165) is 4.90 Å². The Balaban J connectivity index is 1.90. The van der Waals surface area contributed by atoms with Gasteiger partial charge in [-0.25, -0.2) is 9.69 Å². The average molecular weight is 451 g/mol. The van der Waals surface area contributed by atoms with Crippen LogP contribution in [-0.4, -0.2) is 31.2 Å². The normalized spacial score (nSPS) is 17.4. The summed E-state index contributed by atoms with van der Waals surface area (Å²) in [6, 6.07) is 10.5. The number of amides is 4. The van der Waals surface area contributed by atoms with Gasteiger partial charge in [0.2, 0.25) is 5.91 Å². The minimum absolute atomic E-state index is 0.287. The number of anilines is 1. The molecule has 1 fully saturated rings. The van der Waals surface area contributed by atoms with E-state index in [0.29, 0.717) is 20.9 Å². The predicted octanol–water partition coefficient (Wildman–Crippen LogP) is 3.71. The molecule has 1 saturated heterocycles. The molecule has 2 aromatic rings. The number of methoxy groups -OCH3 is 1. The van der Waals surface area contributed by atoms with Crippen LogP contribution in [0.3, 0.4) is 0 Å². The molecule has 138 valence electrons. The number of hydrogen-bond donors (Lipinski definition) is 1. The standard InChI is InChI=1S/C18H13BrClN3O4/c1-27-12-4-2-3-11(8-12)23-17(25)13(16(24)22-18(23)26)9-21-10-5-6-14(19)15(20)7-10/h2-9,13H,1H3,(H,22,24,26)/t13-/m1/s1. The summed E-state index contributed by atoms with van der Waals surface area (Å²) in [5.74, 6) is -2.23. The first-order valence-electron chi connectivity index (χ1n) is 7.73. The van der Waals surface area contributed by atoms with E-state index < -0.39 is 23.8 Å². The molecule has 0 bridgehead atoms. The lowest BCUT2D eigenvalue weighted by Gasteiger charge is -2.28. The summed E-state index contributed by atoms with van der Waals surface area (Å²) >= 11 is 9.28. The van der Waals surface area contributed by atoms with Crippen molar-refractivity contribution in [3.8, 4) is 5.75 Å². The second-order valence-corrected chi connectivity index (χ2v) is 6.79. The van der Waals surface area contributed by atoms with Crippen LogP contribution in [0.5, 0.6) is 5.75 Å². The first kappa shape index (κ1) is 19.1. The smallest absolute Gasteiger partial charge is 0.335 e. The number of barbiturate groups is 1. The maximum absolute atomic E-state index is 12.8. The average Bonchev–Trinajstić information content (AvgIpc) is 2.64. The summed E-state index contributed by atoms with van der Waals surface area (Å²) in [5.41, 5.74) is 0.753. The number of carbonyl (C=O) groups excluding carboxylic acids is 3. The van der Waals surface area contributed by atoms with Gasteiger partial charge >= 0.3 is 6.03 Å². The Morgan fingerprint density at radius 1 is 1.22 bits per heavy atom. The number of hydrogen-bond acceptors (Lipinski definition) is 5. The van der Waals surface area contributed by atoms with Gasteiger partial charge in [-0.3, -0.25) is 19.9 Å². The van der Waals surface area contributed by atoms with Crippen LogP contribution in [0.15, 0.2) is 51.9 Å². The molecule has 0 radical (unpaired) electrons. The number of carbonyl (C=O) groups is 3. The van der Waals surface area contributed by atoms with Gasteiger partial charge < -0.3 is 4.74 Å². The van der Waals surface area contributed by atoms with Gasteiger partial charge in [-0.1, -0.05) is 17.7 Å². The van der Waals surface area contributed by atoms with E-state index >= 15 is 0 Å². The lowest BCUT2D eigenvalue weighted by atomic mass is 10.1. The van der Waals surface area contributed by atoms with Crippen molar-refractivity contribution in [3.05, 3.63) is 52.0 Å². The van der Waals surface area contributed by atoms with E-state index in [9.17, 15) is 14.4 Å². The molecule has 1 atom stereocenters. The summed E-state index contributed by atoms with van der Waals surface area (Å²) < 4.78 is 5.81. The first-order valence-corrected chi connectivity index (χ1v) is 8.90. The quantitative estimate of drug-likeness (QED) is 0.568. The van der Waals surface area contributed by atoms with Gasteiger partial charge in [-0.2, -0.15) is 0 Å². The van der Waals surface area contributed by atoms with Crippen LogP contribution in [-0.2, 0) is 9.59 Å². The van der Waals surface area contributed by atoms with Crippen LogP contribution in [0.25, 0.3) is 0 Å². The summed E-state index contributed by atoms with van der Waals surface area (Å²) in [6.45, 7) is 0. The predicted molar refractivity (Wildman–Crippen MR) is 105 cm³/mol. The molecule has 27 heavy (non-hydrogen) atoms. The van der Waals surface area contributed by atoms with Crippen LogP contribution >= 0.6 is 27.5 Å².